The fourth-order valence-corrected chi connectivity index (χ4v) is 0.881. The summed E-state index contributed by atoms with van der Waals surface area (Å²) in [6, 6.07) is 0. The zero-order valence-electron chi connectivity index (χ0n) is 7.33. The third-order valence-electron chi connectivity index (χ3n) is 1.46. The summed E-state index contributed by atoms with van der Waals surface area (Å²) in [5.41, 5.74) is 7.81. The smallest absolute Gasteiger partial charge is 0.0890 e. The van der Waals surface area contributed by atoms with Crippen molar-refractivity contribution < 1.29 is 0 Å². The maximum atomic E-state index is 4.23. The van der Waals surface area contributed by atoms with E-state index in [9.17, 15) is 0 Å². The molecule has 0 aromatic carbocycles. The lowest BCUT2D eigenvalue weighted by Crippen LogP contribution is -2.33. The second-order valence-electron chi connectivity index (χ2n) is 2.30. The molecule has 0 aromatic rings. The van der Waals surface area contributed by atoms with Crippen LogP contribution < -0.4 is 10.9 Å². The molecule has 0 spiro atoms. The van der Waals surface area contributed by atoms with Crippen molar-refractivity contribution in [3.8, 4) is 0 Å². The topological polar surface area (TPSA) is 36.4 Å². The van der Waals surface area contributed by atoms with Crippen molar-refractivity contribution in [2.45, 2.75) is 13.8 Å². The summed E-state index contributed by atoms with van der Waals surface area (Å²) in [6.07, 6.45) is 9.38. The molecule has 0 aromatic heterocycles. The highest BCUT2D eigenvalue weighted by atomic mass is 15.4. The Kier molecular flexibility index (Phi) is 3.14. The first kappa shape index (κ1) is 8.59. The van der Waals surface area contributed by atoms with Gasteiger partial charge in [0.25, 0.3) is 0 Å². The lowest BCUT2D eigenvalue weighted by atomic mass is 10.2. The van der Waals surface area contributed by atoms with Crippen molar-refractivity contribution in [3.05, 3.63) is 36.3 Å². The Morgan fingerprint density at radius 2 is 2.25 bits per heavy atom. The van der Waals surface area contributed by atoms with E-state index in [0.717, 1.165) is 11.4 Å². The van der Waals surface area contributed by atoms with Gasteiger partial charge in [-0.3, -0.25) is 10.4 Å². The summed E-state index contributed by atoms with van der Waals surface area (Å²) in [5, 5.41) is 0. The van der Waals surface area contributed by atoms with Crippen LogP contribution in [-0.2, 0) is 0 Å². The van der Waals surface area contributed by atoms with E-state index < -0.39 is 0 Å². The van der Waals surface area contributed by atoms with Crippen molar-refractivity contribution in [2.24, 2.45) is 4.99 Å². The monoisotopic (exact) mass is 163 g/mol. The summed E-state index contributed by atoms with van der Waals surface area (Å²) in [4.78, 5) is 4.23. The molecule has 1 rings (SSSR count). The number of hydrazine groups is 1. The van der Waals surface area contributed by atoms with Crippen LogP contribution in [0.5, 0.6) is 0 Å². The Balaban J connectivity index is 2.85. The fraction of sp³-hybridized carbons (Fsp3) is 0.222. The summed E-state index contributed by atoms with van der Waals surface area (Å²) >= 11 is 0. The largest absolute Gasteiger partial charge is 0.308 e. The first-order valence-corrected chi connectivity index (χ1v) is 3.92. The average Bonchev–Trinajstić information content (AvgIpc) is 2.15. The third-order valence-corrected chi connectivity index (χ3v) is 1.46. The Morgan fingerprint density at radius 3 is 2.92 bits per heavy atom. The minimum Gasteiger partial charge on any atom is -0.308 e. The van der Waals surface area contributed by atoms with Crippen LogP contribution in [-0.4, -0.2) is 5.71 Å². The Bertz CT molecular complexity index is 259. The maximum absolute atomic E-state index is 4.23. The van der Waals surface area contributed by atoms with Crippen LogP contribution in [0.1, 0.15) is 13.8 Å². The van der Waals surface area contributed by atoms with E-state index in [-0.39, 0.29) is 0 Å². The SMILES string of the molecule is C\C=C/N=C1\C=CNN\C1=C\C. The van der Waals surface area contributed by atoms with Gasteiger partial charge in [0.05, 0.1) is 11.4 Å². The first-order valence-electron chi connectivity index (χ1n) is 3.92. The van der Waals surface area contributed by atoms with Gasteiger partial charge >= 0.3 is 0 Å². The molecule has 0 amide bonds. The number of hydrogen-bond acceptors (Lipinski definition) is 3. The van der Waals surface area contributed by atoms with Crippen LogP contribution in [0.15, 0.2) is 41.3 Å². The molecule has 0 atom stereocenters. The quantitative estimate of drug-likeness (QED) is 0.614. The number of allylic oxidation sites excluding steroid dienone is 3. The molecule has 0 saturated heterocycles. The van der Waals surface area contributed by atoms with Crippen LogP contribution in [0.4, 0.5) is 0 Å². The van der Waals surface area contributed by atoms with Crippen LogP contribution >= 0.6 is 0 Å². The lowest BCUT2D eigenvalue weighted by molar-refractivity contribution is 0.744. The highest BCUT2D eigenvalue weighted by Crippen LogP contribution is 1.99. The second kappa shape index (κ2) is 4.38. The van der Waals surface area contributed by atoms with Gasteiger partial charge in [0, 0.05) is 12.4 Å². The zero-order chi connectivity index (χ0) is 8.81. The molecule has 3 nitrogen and oxygen atoms in total. The van der Waals surface area contributed by atoms with Crippen LogP contribution in [0, 0.1) is 0 Å². The van der Waals surface area contributed by atoms with Crippen molar-refractivity contribution in [2.75, 3.05) is 0 Å². The summed E-state index contributed by atoms with van der Waals surface area (Å²) in [7, 11) is 0. The molecule has 0 saturated carbocycles. The first-order chi connectivity index (χ1) is 5.88. The average molecular weight is 163 g/mol. The van der Waals surface area contributed by atoms with Gasteiger partial charge in [0.15, 0.2) is 0 Å². The van der Waals surface area contributed by atoms with E-state index in [0.29, 0.717) is 0 Å². The normalized spacial score (nSPS) is 23.2. The van der Waals surface area contributed by atoms with Crippen LogP contribution in [0.3, 0.4) is 0 Å². The van der Waals surface area contributed by atoms with Gasteiger partial charge in [0.1, 0.15) is 0 Å². The van der Waals surface area contributed by atoms with Gasteiger partial charge in [0.2, 0.25) is 0 Å². The number of nitrogens with one attached hydrogen (secondary N) is 2. The second-order valence-corrected chi connectivity index (χ2v) is 2.30. The van der Waals surface area contributed by atoms with Gasteiger partial charge in [-0.15, -0.1) is 0 Å². The lowest BCUT2D eigenvalue weighted by Gasteiger charge is -2.14. The molecule has 1 heterocycles. The predicted molar refractivity (Wildman–Crippen MR) is 51.4 cm³/mol. The molecule has 1 aliphatic rings. The Hall–Kier alpha value is -1.51. The van der Waals surface area contributed by atoms with E-state index in [1.54, 1.807) is 6.20 Å². The van der Waals surface area contributed by atoms with Gasteiger partial charge in [-0.2, -0.15) is 0 Å². The molecular formula is C9H13N3. The molecule has 0 fully saturated rings. The van der Waals surface area contributed by atoms with Crippen molar-refractivity contribution in [1.82, 2.24) is 10.9 Å². The fourth-order valence-electron chi connectivity index (χ4n) is 0.881. The standard InChI is InChI=1S/C9H13N3/c1-3-6-10-9-5-7-11-12-8(9)4-2/h3-7,11-12H,1-2H3/b6-3-,8-4+,10-9+. The van der Waals surface area contributed by atoms with Crippen LogP contribution in [0.2, 0.25) is 0 Å². The molecule has 0 aliphatic carbocycles. The van der Waals surface area contributed by atoms with Crippen molar-refractivity contribution in [1.29, 1.82) is 0 Å². The number of rotatable bonds is 1. The molecule has 0 bridgehead atoms. The van der Waals surface area contributed by atoms with Crippen LogP contribution in [0.25, 0.3) is 0 Å². The summed E-state index contributed by atoms with van der Waals surface area (Å²) < 4.78 is 0. The van der Waals surface area contributed by atoms with E-state index in [1.165, 1.54) is 0 Å². The molecule has 3 heteroatoms. The molecular weight excluding hydrogens is 150 g/mol. The molecule has 1 aliphatic heterocycles. The molecule has 0 radical (unpaired) electrons. The van der Waals surface area contributed by atoms with E-state index in [1.807, 2.05) is 38.3 Å². The third kappa shape index (κ3) is 1.99. The van der Waals surface area contributed by atoms with Gasteiger partial charge in [-0.25, -0.2) is 0 Å². The number of nitrogens with zero attached hydrogens (tertiary/aromatic N) is 1. The van der Waals surface area contributed by atoms with Gasteiger partial charge in [-0.1, -0.05) is 12.2 Å². The van der Waals surface area contributed by atoms with E-state index in [4.69, 9.17) is 0 Å². The zero-order valence-corrected chi connectivity index (χ0v) is 7.33. The Labute approximate surface area is 72.5 Å². The summed E-state index contributed by atoms with van der Waals surface area (Å²) in [5.74, 6) is 0. The molecule has 64 valence electrons. The molecule has 0 unspecified atom stereocenters. The Morgan fingerprint density at radius 1 is 1.42 bits per heavy atom. The summed E-state index contributed by atoms with van der Waals surface area (Å²) in [6.45, 7) is 3.91. The van der Waals surface area contributed by atoms with E-state index >= 15 is 0 Å². The highest BCUT2D eigenvalue weighted by Gasteiger charge is 2.03. The van der Waals surface area contributed by atoms with Crippen molar-refractivity contribution >= 4 is 5.71 Å². The molecule has 2 N–H and O–H groups in total. The minimum atomic E-state index is 0.939. The maximum Gasteiger partial charge on any atom is 0.0890 e. The molecule has 12 heavy (non-hydrogen) atoms. The minimum absolute atomic E-state index is 0.939. The van der Waals surface area contributed by atoms with Crippen molar-refractivity contribution in [3.63, 3.8) is 0 Å². The van der Waals surface area contributed by atoms with Gasteiger partial charge < -0.3 is 5.43 Å². The number of aliphatic imine (C=N–C) groups is 1. The number of hydrogen-bond donors (Lipinski definition) is 2. The predicted octanol–water partition coefficient (Wildman–Crippen LogP) is 1.49. The highest BCUT2D eigenvalue weighted by molar-refractivity contribution is 6.08. The van der Waals surface area contributed by atoms with E-state index in [2.05, 4.69) is 15.8 Å². The van der Waals surface area contributed by atoms with Gasteiger partial charge in [-0.05, 0) is 19.9 Å².